The molecule has 3 rings (SSSR count). The van der Waals surface area contributed by atoms with Gasteiger partial charge in [0.05, 0.1) is 13.2 Å². The van der Waals surface area contributed by atoms with Gasteiger partial charge in [0.15, 0.2) is 0 Å². The van der Waals surface area contributed by atoms with E-state index in [1.54, 1.807) is 4.90 Å². The first kappa shape index (κ1) is 13.4. The molecular weight excluding hydrogens is 324 g/mol. The SMILES string of the molecule is O=C1CCN(Cc2cc(Br)cc3c2OCC3)C(=O)CN1. The number of carbonyl (C=O) groups excluding carboxylic acids is 2. The van der Waals surface area contributed by atoms with Gasteiger partial charge in [0.2, 0.25) is 11.8 Å². The summed E-state index contributed by atoms with van der Waals surface area (Å²) in [7, 11) is 0. The Balaban J connectivity index is 1.84. The minimum absolute atomic E-state index is 0.0532. The second kappa shape index (κ2) is 5.44. The molecule has 2 amide bonds. The van der Waals surface area contributed by atoms with Crippen LogP contribution in [0, 0.1) is 0 Å². The Kier molecular flexibility index (Phi) is 3.65. The molecule has 0 radical (unpaired) electrons. The molecule has 20 heavy (non-hydrogen) atoms. The highest BCUT2D eigenvalue weighted by Crippen LogP contribution is 2.33. The number of benzene rings is 1. The molecule has 2 aliphatic heterocycles. The average Bonchev–Trinajstić information content (AvgIpc) is 2.82. The number of rotatable bonds is 2. The number of hydrogen-bond acceptors (Lipinski definition) is 3. The Labute approximate surface area is 125 Å². The zero-order chi connectivity index (χ0) is 14.1. The van der Waals surface area contributed by atoms with E-state index < -0.39 is 0 Å². The molecule has 2 heterocycles. The lowest BCUT2D eigenvalue weighted by Gasteiger charge is -2.21. The van der Waals surface area contributed by atoms with E-state index in [2.05, 4.69) is 27.3 Å². The van der Waals surface area contributed by atoms with Crippen molar-refractivity contribution in [3.8, 4) is 5.75 Å². The zero-order valence-electron chi connectivity index (χ0n) is 10.9. The Morgan fingerprint density at radius 3 is 3.00 bits per heavy atom. The van der Waals surface area contributed by atoms with Gasteiger partial charge in [-0.1, -0.05) is 15.9 Å². The molecule has 2 aliphatic rings. The number of nitrogens with one attached hydrogen (secondary N) is 1. The van der Waals surface area contributed by atoms with E-state index in [1.807, 2.05) is 6.07 Å². The van der Waals surface area contributed by atoms with Gasteiger partial charge in [0, 0.05) is 36.0 Å². The molecule has 0 atom stereocenters. The molecule has 0 unspecified atom stereocenters. The molecule has 0 spiro atoms. The molecule has 106 valence electrons. The molecule has 0 saturated carbocycles. The van der Waals surface area contributed by atoms with Gasteiger partial charge in [-0.25, -0.2) is 0 Å². The third-order valence-corrected chi connectivity index (χ3v) is 4.04. The van der Waals surface area contributed by atoms with Gasteiger partial charge in [-0.2, -0.15) is 0 Å². The first-order valence-corrected chi connectivity index (χ1v) is 7.41. The highest BCUT2D eigenvalue weighted by atomic mass is 79.9. The maximum absolute atomic E-state index is 12.0. The van der Waals surface area contributed by atoms with E-state index in [0.717, 1.165) is 22.2 Å². The van der Waals surface area contributed by atoms with Crippen LogP contribution in [0.4, 0.5) is 0 Å². The van der Waals surface area contributed by atoms with Crippen LogP contribution < -0.4 is 10.1 Å². The highest BCUT2D eigenvalue weighted by Gasteiger charge is 2.24. The summed E-state index contributed by atoms with van der Waals surface area (Å²) in [5, 5.41) is 2.60. The molecule has 0 aromatic heterocycles. The first-order valence-electron chi connectivity index (χ1n) is 6.62. The van der Waals surface area contributed by atoms with E-state index in [0.29, 0.717) is 26.1 Å². The zero-order valence-corrected chi connectivity index (χ0v) is 12.5. The number of amides is 2. The highest BCUT2D eigenvalue weighted by molar-refractivity contribution is 9.10. The predicted molar refractivity (Wildman–Crippen MR) is 76.4 cm³/mol. The van der Waals surface area contributed by atoms with Gasteiger partial charge in [-0.3, -0.25) is 9.59 Å². The summed E-state index contributed by atoms with van der Waals surface area (Å²) >= 11 is 3.50. The molecule has 1 saturated heterocycles. The summed E-state index contributed by atoms with van der Waals surface area (Å²) in [5.74, 6) is 0.767. The smallest absolute Gasteiger partial charge is 0.242 e. The molecule has 1 N–H and O–H groups in total. The lowest BCUT2D eigenvalue weighted by Crippen LogP contribution is -2.34. The fourth-order valence-corrected chi connectivity index (χ4v) is 3.12. The number of halogens is 1. The Morgan fingerprint density at radius 2 is 2.15 bits per heavy atom. The standard InChI is InChI=1S/C14H15BrN2O3/c15-11-5-9-2-4-20-14(9)10(6-11)8-17-3-1-12(18)16-7-13(17)19/h5-6H,1-4,7-8H2,(H,16,18). The molecule has 1 aromatic carbocycles. The second-order valence-corrected chi connectivity index (χ2v) is 5.91. The van der Waals surface area contributed by atoms with Crippen LogP contribution in [0.1, 0.15) is 17.5 Å². The van der Waals surface area contributed by atoms with Crippen LogP contribution in [0.5, 0.6) is 5.75 Å². The van der Waals surface area contributed by atoms with Crippen molar-refractivity contribution in [2.24, 2.45) is 0 Å². The van der Waals surface area contributed by atoms with Crippen molar-refractivity contribution in [1.82, 2.24) is 10.2 Å². The quantitative estimate of drug-likeness (QED) is 0.882. The van der Waals surface area contributed by atoms with E-state index in [9.17, 15) is 9.59 Å². The summed E-state index contributed by atoms with van der Waals surface area (Å²) < 4.78 is 6.67. The molecule has 5 nitrogen and oxygen atoms in total. The predicted octanol–water partition coefficient (Wildman–Crippen LogP) is 1.23. The number of carbonyl (C=O) groups is 2. The van der Waals surface area contributed by atoms with Crippen molar-refractivity contribution < 1.29 is 14.3 Å². The monoisotopic (exact) mass is 338 g/mol. The Morgan fingerprint density at radius 1 is 1.30 bits per heavy atom. The fraction of sp³-hybridized carbons (Fsp3) is 0.429. The van der Waals surface area contributed by atoms with E-state index in [4.69, 9.17) is 4.74 Å². The van der Waals surface area contributed by atoms with Crippen LogP contribution in [0.25, 0.3) is 0 Å². The van der Waals surface area contributed by atoms with Crippen molar-refractivity contribution in [3.63, 3.8) is 0 Å². The molecule has 0 aliphatic carbocycles. The molecular formula is C14H15BrN2O3. The summed E-state index contributed by atoms with van der Waals surface area (Å²) in [5.41, 5.74) is 2.17. The van der Waals surface area contributed by atoms with Crippen LogP contribution in [-0.2, 0) is 22.6 Å². The van der Waals surface area contributed by atoms with E-state index in [1.165, 1.54) is 5.56 Å². The van der Waals surface area contributed by atoms with Gasteiger partial charge in [-0.15, -0.1) is 0 Å². The van der Waals surface area contributed by atoms with Crippen molar-refractivity contribution in [2.75, 3.05) is 19.7 Å². The maximum Gasteiger partial charge on any atom is 0.242 e. The summed E-state index contributed by atoms with van der Waals surface area (Å²) in [6, 6.07) is 4.04. The van der Waals surface area contributed by atoms with Gasteiger partial charge in [-0.05, 0) is 17.7 Å². The summed E-state index contributed by atoms with van der Waals surface area (Å²) in [4.78, 5) is 25.1. The minimum atomic E-state index is -0.0726. The van der Waals surface area contributed by atoms with Crippen LogP contribution in [0.2, 0.25) is 0 Å². The number of nitrogens with zero attached hydrogens (tertiary/aromatic N) is 1. The molecule has 6 heteroatoms. The lowest BCUT2D eigenvalue weighted by atomic mass is 10.1. The minimum Gasteiger partial charge on any atom is -0.493 e. The summed E-state index contributed by atoms with van der Waals surface area (Å²) in [6.45, 7) is 1.70. The Hall–Kier alpha value is -1.56. The normalized spacial score (nSPS) is 18.4. The Bertz CT molecular complexity index is 574. The second-order valence-electron chi connectivity index (χ2n) is 4.99. The van der Waals surface area contributed by atoms with E-state index >= 15 is 0 Å². The fourth-order valence-electron chi connectivity index (χ4n) is 2.57. The number of fused-ring (bicyclic) bond motifs is 1. The molecule has 0 bridgehead atoms. The van der Waals surface area contributed by atoms with Crippen LogP contribution in [0.3, 0.4) is 0 Å². The van der Waals surface area contributed by atoms with Crippen molar-refractivity contribution in [3.05, 3.63) is 27.7 Å². The number of ether oxygens (including phenoxy) is 1. The van der Waals surface area contributed by atoms with Gasteiger partial charge >= 0.3 is 0 Å². The molecule has 1 aromatic rings. The van der Waals surface area contributed by atoms with Gasteiger partial charge in [0.1, 0.15) is 5.75 Å². The van der Waals surface area contributed by atoms with Gasteiger partial charge in [0.25, 0.3) is 0 Å². The third kappa shape index (κ3) is 2.65. The molecule has 1 fully saturated rings. The van der Waals surface area contributed by atoms with Crippen molar-refractivity contribution in [1.29, 1.82) is 0 Å². The number of hydrogen-bond donors (Lipinski definition) is 1. The van der Waals surface area contributed by atoms with Crippen LogP contribution in [0.15, 0.2) is 16.6 Å². The average molecular weight is 339 g/mol. The van der Waals surface area contributed by atoms with Crippen LogP contribution in [-0.4, -0.2) is 36.4 Å². The summed E-state index contributed by atoms with van der Waals surface area (Å²) in [6.07, 6.45) is 1.25. The lowest BCUT2D eigenvalue weighted by molar-refractivity contribution is -0.130. The largest absolute Gasteiger partial charge is 0.493 e. The van der Waals surface area contributed by atoms with Crippen molar-refractivity contribution in [2.45, 2.75) is 19.4 Å². The van der Waals surface area contributed by atoms with Gasteiger partial charge < -0.3 is 15.0 Å². The van der Waals surface area contributed by atoms with Crippen molar-refractivity contribution >= 4 is 27.7 Å². The third-order valence-electron chi connectivity index (χ3n) is 3.58. The van der Waals surface area contributed by atoms with Crippen LogP contribution >= 0.6 is 15.9 Å². The van der Waals surface area contributed by atoms with E-state index in [-0.39, 0.29) is 18.4 Å². The maximum atomic E-state index is 12.0. The first-order chi connectivity index (χ1) is 9.63. The topological polar surface area (TPSA) is 58.6 Å².